The fourth-order valence-electron chi connectivity index (χ4n) is 3.91. The van der Waals surface area contributed by atoms with E-state index >= 15 is 0 Å². The minimum atomic E-state index is -0.716. The molecule has 0 spiro atoms. The first kappa shape index (κ1) is 14.4. The summed E-state index contributed by atoms with van der Waals surface area (Å²) in [5.41, 5.74) is 3.98. The molecule has 3 heteroatoms. The summed E-state index contributed by atoms with van der Waals surface area (Å²) in [5, 5.41) is 8.94. The van der Waals surface area contributed by atoms with E-state index in [2.05, 4.69) is 23.1 Å². The summed E-state index contributed by atoms with van der Waals surface area (Å²) in [5.74, 6) is -0.622. The molecule has 3 rings (SSSR count). The van der Waals surface area contributed by atoms with Crippen molar-refractivity contribution in [2.24, 2.45) is 0 Å². The van der Waals surface area contributed by atoms with Crippen LogP contribution in [0.25, 0.3) is 0 Å². The van der Waals surface area contributed by atoms with Crippen molar-refractivity contribution >= 4 is 11.7 Å². The van der Waals surface area contributed by atoms with Crippen LogP contribution in [0.1, 0.15) is 62.5 Å². The molecule has 0 saturated heterocycles. The van der Waals surface area contributed by atoms with Gasteiger partial charge in [0.05, 0.1) is 6.42 Å². The van der Waals surface area contributed by atoms with Gasteiger partial charge in [0.2, 0.25) is 0 Å². The number of carboxylic acids is 1. The number of hydrogen-bond acceptors (Lipinski definition) is 2. The van der Waals surface area contributed by atoms with E-state index in [0.717, 1.165) is 19.0 Å². The Morgan fingerprint density at radius 3 is 2.81 bits per heavy atom. The summed E-state index contributed by atoms with van der Waals surface area (Å²) in [4.78, 5) is 13.5. The zero-order valence-electron chi connectivity index (χ0n) is 12.8. The minimum Gasteiger partial charge on any atom is -0.481 e. The SMILES string of the molecule is CC(CC(=O)O)c1ccc2c(c1)CCN2C1CCCCC1. The van der Waals surface area contributed by atoms with Crippen molar-refractivity contribution < 1.29 is 9.90 Å². The summed E-state index contributed by atoms with van der Waals surface area (Å²) >= 11 is 0. The lowest BCUT2D eigenvalue weighted by atomic mass is 9.93. The second-order valence-corrected chi connectivity index (χ2v) is 6.62. The average Bonchev–Trinajstić information content (AvgIpc) is 2.90. The fraction of sp³-hybridized carbons (Fsp3) is 0.611. The van der Waals surface area contributed by atoms with Crippen LogP contribution in [0.5, 0.6) is 0 Å². The van der Waals surface area contributed by atoms with E-state index in [1.165, 1.54) is 48.9 Å². The molecule has 1 atom stereocenters. The second kappa shape index (κ2) is 6.08. The van der Waals surface area contributed by atoms with Gasteiger partial charge in [0.1, 0.15) is 0 Å². The molecule has 1 fully saturated rings. The number of rotatable bonds is 4. The summed E-state index contributed by atoms with van der Waals surface area (Å²) in [6.07, 6.45) is 8.11. The molecular formula is C18H25NO2. The highest BCUT2D eigenvalue weighted by molar-refractivity contribution is 5.68. The maximum atomic E-state index is 10.9. The molecule has 1 aliphatic carbocycles. The van der Waals surface area contributed by atoms with Crippen LogP contribution in [0.4, 0.5) is 5.69 Å². The molecule has 1 aromatic carbocycles. The zero-order valence-corrected chi connectivity index (χ0v) is 12.8. The number of benzene rings is 1. The van der Waals surface area contributed by atoms with Gasteiger partial charge in [-0.15, -0.1) is 0 Å². The van der Waals surface area contributed by atoms with Gasteiger partial charge in [0, 0.05) is 18.3 Å². The number of hydrogen-bond donors (Lipinski definition) is 1. The molecule has 1 heterocycles. The Balaban J connectivity index is 1.76. The highest BCUT2D eigenvalue weighted by atomic mass is 16.4. The molecule has 0 bridgehead atoms. The van der Waals surface area contributed by atoms with E-state index in [4.69, 9.17) is 5.11 Å². The first-order valence-electron chi connectivity index (χ1n) is 8.26. The third-order valence-electron chi connectivity index (χ3n) is 5.10. The third kappa shape index (κ3) is 3.07. The zero-order chi connectivity index (χ0) is 14.8. The normalized spacial score (nSPS) is 20.3. The van der Waals surface area contributed by atoms with Crippen molar-refractivity contribution in [3.05, 3.63) is 29.3 Å². The van der Waals surface area contributed by atoms with Gasteiger partial charge in [0.15, 0.2) is 0 Å². The molecule has 1 aliphatic heterocycles. The van der Waals surface area contributed by atoms with Gasteiger partial charge in [0.25, 0.3) is 0 Å². The van der Waals surface area contributed by atoms with Gasteiger partial charge in [-0.1, -0.05) is 38.3 Å². The molecule has 2 aliphatic rings. The summed E-state index contributed by atoms with van der Waals surface area (Å²) in [6, 6.07) is 7.33. The van der Waals surface area contributed by atoms with Crippen molar-refractivity contribution in [3.63, 3.8) is 0 Å². The lowest BCUT2D eigenvalue weighted by Crippen LogP contribution is -2.35. The molecule has 0 amide bonds. The Labute approximate surface area is 127 Å². The highest BCUT2D eigenvalue weighted by Gasteiger charge is 2.27. The first-order chi connectivity index (χ1) is 10.1. The minimum absolute atomic E-state index is 0.0940. The first-order valence-corrected chi connectivity index (χ1v) is 8.26. The second-order valence-electron chi connectivity index (χ2n) is 6.62. The number of nitrogens with zero attached hydrogens (tertiary/aromatic N) is 1. The number of anilines is 1. The van der Waals surface area contributed by atoms with E-state index in [0.29, 0.717) is 0 Å². The average molecular weight is 287 g/mol. The van der Waals surface area contributed by atoms with Crippen LogP contribution in [-0.4, -0.2) is 23.7 Å². The van der Waals surface area contributed by atoms with Crippen LogP contribution in [0, 0.1) is 0 Å². The maximum Gasteiger partial charge on any atom is 0.303 e. The third-order valence-corrected chi connectivity index (χ3v) is 5.10. The topological polar surface area (TPSA) is 40.5 Å². The van der Waals surface area contributed by atoms with E-state index in [9.17, 15) is 4.79 Å². The number of aliphatic carboxylic acids is 1. The molecule has 1 saturated carbocycles. The van der Waals surface area contributed by atoms with Crippen LogP contribution in [0.2, 0.25) is 0 Å². The number of carboxylic acid groups (broad SMARTS) is 1. The smallest absolute Gasteiger partial charge is 0.303 e. The molecule has 21 heavy (non-hydrogen) atoms. The van der Waals surface area contributed by atoms with Crippen molar-refractivity contribution in [1.82, 2.24) is 0 Å². The van der Waals surface area contributed by atoms with Crippen LogP contribution < -0.4 is 4.90 Å². The number of carbonyl (C=O) groups is 1. The van der Waals surface area contributed by atoms with E-state index < -0.39 is 5.97 Å². The molecule has 1 unspecified atom stereocenters. The summed E-state index contributed by atoms with van der Waals surface area (Å²) in [6.45, 7) is 3.14. The Hall–Kier alpha value is -1.51. The Morgan fingerprint density at radius 2 is 2.10 bits per heavy atom. The van der Waals surface area contributed by atoms with Gasteiger partial charge < -0.3 is 10.0 Å². The Kier molecular flexibility index (Phi) is 4.18. The van der Waals surface area contributed by atoms with Gasteiger partial charge in [-0.05, 0) is 42.4 Å². The molecule has 3 nitrogen and oxygen atoms in total. The predicted octanol–water partition coefficient (Wildman–Crippen LogP) is 3.96. The van der Waals surface area contributed by atoms with Crippen LogP contribution in [-0.2, 0) is 11.2 Å². The summed E-state index contributed by atoms with van der Waals surface area (Å²) in [7, 11) is 0. The van der Waals surface area contributed by atoms with Crippen molar-refractivity contribution in [1.29, 1.82) is 0 Å². The quantitative estimate of drug-likeness (QED) is 0.911. The monoisotopic (exact) mass is 287 g/mol. The standard InChI is InChI=1S/C18H25NO2/c1-13(11-18(20)21)14-7-8-17-15(12-14)9-10-19(17)16-5-3-2-4-6-16/h7-8,12-13,16H,2-6,9-11H2,1H3,(H,20,21). The molecule has 0 radical (unpaired) electrons. The lowest BCUT2D eigenvalue weighted by molar-refractivity contribution is -0.137. The predicted molar refractivity (Wildman–Crippen MR) is 85.0 cm³/mol. The van der Waals surface area contributed by atoms with Crippen LogP contribution >= 0.6 is 0 Å². The summed E-state index contributed by atoms with van der Waals surface area (Å²) < 4.78 is 0. The molecule has 0 aromatic heterocycles. The molecule has 114 valence electrons. The van der Waals surface area contributed by atoms with Gasteiger partial charge in [-0.2, -0.15) is 0 Å². The van der Waals surface area contributed by atoms with Gasteiger partial charge in [-0.25, -0.2) is 0 Å². The van der Waals surface area contributed by atoms with Crippen molar-refractivity contribution in [2.75, 3.05) is 11.4 Å². The van der Waals surface area contributed by atoms with E-state index in [1.54, 1.807) is 0 Å². The Bertz CT molecular complexity index is 520. The highest BCUT2D eigenvalue weighted by Crippen LogP contribution is 2.36. The van der Waals surface area contributed by atoms with Crippen molar-refractivity contribution in [2.45, 2.75) is 63.8 Å². The lowest BCUT2D eigenvalue weighted by Gasteiger charge is -2.33. The number of fused-ring (bicyclic) bond motifs is 1. The molecule has 1 N–H and O–H groups in total. The molecular weight excluding hydrogens is 262 g/mol. The van der Waals surface area contributed by atoms with Gasteiger partial charge >= 0.3 is 5.97 Å². The van der Waals surface area contributed by atoms with Crippen LogP contribution in [0.3, 0.4) is 0 Å². The van der Waals surface area contributed by atoms with Crippen molar-refractivity contribution in [3.8, 4) is 0 Å². The largest absolute Gasteiger partial charge is 0.481 e. The molecule has 1 aromatic rings. The Morgan fingerprint density at radius 1 is 1.33 bits per heavy atom. The van der Waals surface area contributed by atoms with Gasteiger partial charge in [-0.3, -0.25) is 4.79 Å². The van der Waals surface area contributed by atoms with E-state index in [1.807, 2.05) is 6.92 Å². The fourth-order valence-corrected chi connectivity index (χ4v) is 3.91. The maximum absolute atomic E-state index is 10.9. The van der Waals surface area contributed by atoms with Crippen LogP contribution in [0.15, 0.2) is 18.2 Å². The van der Waals surface area contributed by atoms with E-state index in [-0.39, 0.29) is 12.3 Å².